The molecular weight excluding hydrogens is 238 g/mol. The summed E-state index contributed by atoms with van der Waals surface area (Å²) in [6, 6.07) is 10.4. The van der Waals surface area contributed by atoms with E-state index in [-0.39, 0.29) is 11.9 Å². The molecule has 0 bridgehead atoms. The molecule has 2 atom stereocenters. The van der Waals surface area contributed by atoms with Crippen molar-refractivity contribution in [1.29, 1.82) is 0 Å². The third-order valence-corrected chi connectivity index (χ3v) is 3.36. The Hall–Kier alpha value is -1.35. The van der Waals surface area contributed by atoms with Crippen molar-refractivity contribution < 1.29 is 9.53 Å². The molecule has 0 aromatic heterocycles. The van der Waals surface area contributed by atoms with Crippen LogP contribution >= 0.6 is 0 Å². The first kappa shape index (κ1) is 15.7. The van der Waals surface area contributed by atoms with Crippen LogP contribution < -0.4 is 5.32 Å². The van der Waals surface area contributed by atoms with Crippen molar-refractivity contribution in [2.24, 2.45) is 0 Å². The van der Waals surface area contributed by atoms with Crippen molar-refractivity contribution >= 4 is 5.91 Å². The molecule has 1 amide bonds. The van der Waals surface area contributed by atoms with Gasteiger partial charge in [0.05, 0.1) is 0 Å². The molecule has 3 nitrogen and oxygen atoms in total. The molecule has 0 radical (unpaired) electrons. The fourth-order valence-corrected chi connectivity index (χ4v) is 2.15. The van der Waals surface area contributed by atoms with Crippen molar-refractivity contribution in [2.75, 3.05) is 13.7 Å². The van der Waals surface area contributed by atoms with E-state index in [1.165, 1.54) is 5.56 Å². The number of benzene rings is 1. The van der Waals surface area contributed by atoms with Crippen molar-refractivity contribution in [2.45, 2.75) is 45.1 Å². The normalized spacial score (nSPS) is 13.8. The van der Waals surface area contributed by atoms with Crippen LogP contribution in [0.4, 0.5) is 0 Å². The van der Waals surface area contributed by atoms with Crippen LogP contribution in [0.2, 0.25) is 0 Å². The minimum absolute atomic E-state index is 0.124. The third kappa shape index (κ3) is 5.88. The Balaban J connectivity index is 2.45. The smallest absolute Gasteiger partial charge is 0.220 e. The number of carbonyl (C=O) groups is 1. The van der Waals surface area contributed by atoms with Gasteiger partial charge in [-0.25, -0.2) is 0 Å². The standard InChI is InChI=1S/C16H25NO2/c1-4-14(15-8-6-5-7-9-15)12-16(18)17-13(2)10-11-19-3/h5-9,13-14H,4,10-12H2,1-3H3,(H,17,18). The highest BCUT2D eigenvalue weighted by Gasteiger charge is 2.15. The average molecular weight is 263 g/mol. The van der Waals surface area contributed by atoms with Crippen LogP contribution in [-0.2, 0) is 9.53 Å². The van der Waals surface area contributed by atoms with Crippen LogP contribution in [0.25, 0.3) is 0 Å². The Kier molecular flexibility index (Phi) is 7.19. The lowest BCUT2D eigenvalue weighted by Gasteiger charge is -2.18. The van der Waals surface area contributed by atoms with Crippen LogP contribution in [-0.4, -0.2) is 25.7 Å². The zero-order chi connectivity index (χ0) is 14.1. The second-order valence-electron chi connectivity index (χ2n) is 4.97. The second kappa shape index (κ2) is 8.70. The van der Waals surface area contributed by atoms with Crippen LogP contribution in [0, 0.1) is 0 Å². The minimum atomic E-state index is 0.124. The van der Waals surface area contributed by atoms with Crippen LogP contribution in [0.5, 0.6) is 0 Å². The summed E-state index contributed by atoms with van der Waals surface area (Å²) in [4.78, 5) is 12.0. The molecule has 0 aliphatic heterocycles. The van der Waals surface area contributed by atoms with Crippen LogP contribution in [0.3, 0.4) is 0 Å². The molecule has 1 N–H and O–H groups in total. The van der Waals surface area contributed by atoms with Gasteiger partial charge in [-0.05, 0) is 31.2 Å². The van der Waals surface area contributed by atoms with Crippen LogP contribution in [0.1, 0.15) is 44.6 Å². The van der Waals surface area contributed by atoms with Crippen LogP contribution in [0.15, 0.2) is 30.3 Å². The predicted molar refractivity (Wildman–Crippen MR) is 78.2 cm³/mol. The molecule has 1 aromatic rings. The van der Waals surface area contributed by atoms with Gasteiger partial charge >= 0.3 is 0 Å². The largest absolute Gasteiger partial charge is 0.385 e. The molecule has 106 valence electrons. The fraction of sp³-hybridized carbons (Fsp3) is 0.562. The van der Waals surface area contributed by atoms with E-state index in [1.807, 2.05) is 25.1 Å². The van der Waals surface area contributed by atoms with Gasteiger partial charge in [0, 0.05) is 26.2 Å². The van der Waals surface area contributed by atoms with E-state index >= 15 is 0 Å². The highest BCUT2D eigenvalue weighted by molar-refractivity contribution is 5.77. The molecule has 2 unspecified atom stereocenters. The first-order valence-electron chi connectivity index (χ1n) is 7.00. The molecule has 0 saturated carbocycles. The van der Waals surface area contributed by atoms with E-state index in [1.54, 1.807) is 7.11 Å². The van der Waals surface area contributed by atoms with Gasteiger partial charge in [0.25, 0.3) is 0 Å². The first-order valence-corrected chi connectivity index (χ1v) is 7.00. The number of ether oxygens (including phenoxy) is 1. The molecule has 0 aliphatic carbocycles. The lowest BCUT2D eigenvalue weighted by molar-refractivity contribution is -0.122. The van der Waals surface area contributed by atoms with E-state index in [9.17, 15) is 4.79 Å². The van der Waals surface area contributed by atoms with Crippen molar-refractivity contribution in [1.82, 2.24) is 5.32 Å². The molecular formula is C16H25NO2. The predicted octanol–water partition coefficient (Wildman–Crippen LogP) is 3.11. The third-order valence-electron chi connectivity index (χ3n) is 3.36. The minimum Gasteiger partial charge on any atom is -0.385 e. The maximum absolute atomic E-state index is 12.0. The number of nitrogens with one attached hydrogen (secondary N) is 1. The van der Waals surface area contributed by atoms with E-state index in [0.717, 1.165) is 12.8 Å². The maximum Gasteiger partial charge on any atom is 0.220 e. The Morgan fingerprint density at radius 3 is 2.58 bits per heavy atom. The summed E-state index contributed by atoms with van der Waals surface area (Å²) in [6.45, 7) is 4.82. The number of hydrogen-bond acceptors (Lipinski definition) is 2. The maximum atomic E-state index is 12.0. The Morgan fingerprint density at radius 1 is 1.32 bits per heavy atom. The molecule has 0 aliphatic rings. The summed E-state index contributed by atoms with van der Waals surface area (Å²) in [5, 5.41) is 3.03. The topological polar surface area (TPSA) is 38.3 Å². The summed E-state index contributed by atoms with van der Waals surface area (Å²) in [5.41, 5.74) is 1.24. The lowest BCUT2D eigenvalue weighted by Crippen LogP contribution is -2.34. The molecule has 0 fully saturated rings. The summed E-state index contributed by atoms with van der Waals surface area (Å²) in [6.07, 6.45) is 2.38. The number of amides is 1. The molecule has 1 rings (SSSR count). The van der Waals surface area contributed by atoms with Gasteiger partial charge in [0.1, 0.15) is 0 Å². The van der Waals surface area contributed by atoms with E-state index in [2.05, 4.69) is 24.4 Å². The van der Waals surface area contributed by atoms with E-state index in [0.29, 0.717) is 18.9 Å². The highest BCUT2D eigenvalue weighted by atomic mass is 16.5. The number of methoxy groups -OCH3 is 1. The zero-order valence-corrected chi connectivity index (χ0v) is 12.2. The van der Waals surface area contributed by atoms with Gasteiger partial charge in [-0.3, -0.25) is 4.79 Å². The van der Waals surface area contributed by atoms with Crippen molar-refractivity contribution in [3.05, 3.63) is 35.9 Å². The summed E-state index contributed by atoms with van der Waals surface area (Å²) < 4.78 is 5.01. The molecule has 0 saturated heterocycles. The molecule has 0 heterocycles. The summed E-state index contributed by atoms with van der Waals surface area (Å²) >= 11 is 0. The van der Waals surface area contributed by atoms with Gasteiger partial charge in [-0.1, -0.05) is 37.3 Å². The number of hydrogen-bond donors (Lipinski definition) is 1. The molecule has 1 aromatic carbocycles. The Bertz CT molecular complexity index is 364. The first-order chi connectivity index (χ1) is 9.17. The van der Waals surface area contributed by atoms with Gasteiger partial charge in [-0.2, -0.15) is 0 Å². The van der Waals surface area contributed by atoms with E-state index < -0.39 is 0 Å². The quantitative estimate of drug-likeness (QED) is 0.782. The summed E-state index contributed by atoms with van der Waals surface area (Å²) in [7, 11) is 1.68. The van der Waals surface area contributed by atoms with Gasteiger partial charge < -0.3 is 10.1 Å². The summed E-state index contributed by atoms with van der Waals surface area (Å²) in [5.74, 6) is 0.426. The monoisotopic (exact) mass is 263 g/mol. The average Bonchev–Trinajstić information content (AvgIpc) is 2.43. The van der Waals surface area contributed by atoms with Gasteiger partial charge in [0.15, 0.2) is 0 Å². The highest BCUT2D eigenvalue weighted by Crippen LogP contribution is 2.22. The van der Waals surface area contributed by atoms with Gasteiger partial charge in [0.2, 0.25) is 5.91 Å². The van der Waals surface area contributed by atoms with Crippen molar-refractivity contribution in [3.8, 4) is 0 Å². The molecule has 3 heteroatoms. The Morgan fingerprint density at radius 2 is 2.00 bits per heavy atom. The van der Waals surface area contributed by atoms with Gasteiger partial charge in [-0.15, -0.1) is 0 Å². The molecule has 0 spiro atoms. The second-order valence-corrected chi connectivity index (χ2v) is 4.97. The Labute approximate surface area is 116 Å². The number of carbonyl (C=O) groups excluding carboxylic acids is 1. The number of rotatable bonds is 8. The zero-order valence-electron chi connectivity index (χ0n) is 12.2. The SMILES string of the molecule is CCC(CC(=O)NC(C)CCOC)c1ccccc1. The fourth-order valence-electron chi connectivity index (χ4n) is 2.15. The van der Waals surface area contributed by atoms with Crippen molar-refractivity contribution in [3.63, 3.8) is 0 Å². The van der Waals surface area contributed by atoms with E-state index in [4.69, 9.17) is 4.74 Å². The lowest BCUT2D eigenvalue weighted by atomic mass is 9.93. The molecule has 19 heavy (non-hydrogen) atoms.